The van der Waals surface area contributed by atoms with Gasteiger partial charge < -0.3 is 25.0 Å². The Labute approximate surface area is 159 Å². The van der Waals surface area contributed by atoms with Crippen molar-refractivity contribution in [3.8, 4) is 11.5 Å². The van der Waals surface area contributed by atoms with Gasteiger partial charge in [-0.2, -0.15) is 0 Å². The van der Waals surface area contributed by atoms with E-state index < -0.39 is 0 Å². The van der Waals surface area contributed by atoms with E-state index in [0.717, 1.165) is 31.9 Å². The summed E-state index contributed by atoms with van der Waals surface area (Å²) in [5.41, 5.74) is 1.54. The first kappa shape index (κ1) is 19.8. The Morgan fingerprint density at radius 1 is 1.12 bits per heavy atom. The minimum atomic E-state index is -0.247. The average Bonchev–Trinajstić information content (AvgIpc) is 2.68. The van der Waals surface area contributed by atoms with Crippen LogP contribution < -0.4 is 25.0 Å². The van der Waals surface area contributed by atoms with Gasteiger partial charge in [-0.25, -0.2) is 4.98 Å². The van der Waals surface area contributed by atoms with Gasteiger partial charge in [-0.3, -0.25) is 4.79 Å². The maximum absolute atomic E-state index is 12.4. The Morgan fingerprint density at radius 3 is 2.46 bits per heavy atom. The first-order valence-electron chi connectivity index (χ1n) is 8.16. The molecule has 1 aliphatic heterocycles. The summed E-state index contributed by atoms with van der Waals surface area (Å²) in [7, 11) is 3.09. The molecule has 1 aromatic carbocycles. The van der Waals surface area contributed by atoms with Crippen molar-refractivity contribution in [2.24, 2.45) is 0 Å². The molecule has 0 radical (unpaired) electrons. The van der Waals surface area contributed by atoms with Crippen LogP contribution in [0.2, 0.25) is 0 Å². The standard InChI is InChI=1S/C18H22N4O3.ClH/c1-24-15-5-3-13(11-16(15)25-2)18(23)21-17-6-4-14(12-20-17)22-9-7-19-8-10-22;/h3-6,11-12,19H,7-10H2,1-2H3,(H,20,21,23);1H. The molecule has 1 aliphatic rings. The number of benzene rings is 1. The van der Waals surface area contributed by atoms with E-state index in [1.807, 2.05) is 12.1 Å². The molecule has 8 heteroatoms. The zero-order valence-electron chi connectivity index (χ0n) is 14.8. The Morgan fingerprint density at radius 2 is 1.85 bits per heavy atom. The van der Waals surface area contributed by atoms with E-state index in [0.29, 0.717) is 22.9 Å². The van der Waals surface area contributed by atoms with E-state index in [1.165, 1.54) is 7.11 Å². The summed E-state index contributed by atoms with van der Waals surface area (Å²) in [6, 6.07) is 8.82. The van der Waals surface area contributed by atoms with Crippen LogP contribution in [0.25, 0.3) is 0 Å². The van der Waals surface area contributed by atoms with Gasteiger partial charge in [0, 0.05) is 31.7 Å². The lowest BCUT2D eigenvalue weighted by atomic mass is 10.2. The SMILES string of the molecule is COc1ccc(C(=O)Nc2ccc(N3CCNCC3)cn2)cc1OC.Cl. The van der Waals surface area contributed by atoms with Gasteiger partial charge in [-0.05, 0) is 30.3 Å². The first-order chi connectivity index (χ1) is 12.2. The molecule has 0 saturated carbocycles. The summed E-state index contributed by atoms with van der Waals surface area (Å²) in [4.78, 5) is 19.0. The second-order valence-corrected chi connectivity index (χ2v) is 5.66. The number of ether oxygens (including phenoxy) is 2. The molecule has 2 heterocycles. The van der Waals surface area contributed by atoms with E-state index in [1.54, 1.807) is 31.5 Å². The maximum Gasteiger partial charge on any atom is 0.256 e. The summed E-state index contributed by atoms with van der Waals surface area (Å²) >= 11 is 0. The molecular formula is C18H23ClN4O3. The number of piperazine rings is 1. The van der Waals surface area contributed by atoms with Gasteiger partial charge in [-0.15, -0.1) is 12.4 Å². The largest absolute Gasteiger partial charge is 0.493 e. The smallest absolute Gasteiger partial charge is 0.256 e. The summed E-state index contributed by atoms with van der Waals surface area (Å²) in [6.45, 7) is 3.85. The number of nitrogens with one attached hydrogen (secondary N) is 2. The monoisotopic (exact) mass is 378 g/mol. The van der Waals surface area contributed by atoms with Crippen LogP contribution in [0.1, 0.15) is 10.4 Å². The topological polar surface area (TPSA) is 75.7 Å². The van der Waals surface area contributed by atoms with Crippen LogP contribution in [-0.2, 0) is 0 Å². The van der Waals surface area contributed by atoms with Crippen LogP contribution in [0.15, 0.2) is 36.5 Å². The van der Waals surface area contributed by atoms with Crippen LogP contribution in [0.5, 0.6) is 11.5 Å². The van der Waals surface area contributed by atoms with Crippen molar-refractivity contribution >= 4 is 29.8 Å². The number of halogens is 1. The van der Waals surface area contributed by atoms with E-state index in [9.17, 15) is 4.79 Å². The van der Waals surface area contributed by atoms with Crippen molar-refractivity contribution in [2.75, 3.05) is 50.6 Å². The van der Waals surface area contributed by atoms with Gasteiger partial charge in [-0.1, -0.05) is 0 Å². The molecule has 0 spiro atoms. The summed E-state index contributed by atoms with van der Waals surface area (Å²) in [5.74, 6) is 1.36. The van der Waals surface area contributed by atoms with Crippen LogP contribution >= 0.6 is 12.4 Å². The Bertz CT molecular complexity index is 734. The van der Waals surface area contributed by atoms with Crippen molar-refractivity contribution in [3.63, 3.8) is 0 Å². The molecule has 0 bridgehead atoms. The fraction of sp³-hybridized carbons (Fsp3) is 0.333. The lowest BCUT2D eigenvalue weighted by molar-refractivity contribution is 0.102. The molecule has 2 aromatic rings. The molecule has 0 atom stereocenters. The number of pyridine rings is 1. The minimum absolute atomic E-state index is 0. The quantitative estimate of drug-likeness (QED) is 0.830. The minimum Gasteiger partial charge on any atom is -0.493 e. The van der Waals surface area contributed by atoms with E-state index >= 15 is 0 Å². The van der Waals surface area contributed by atoms with Gasteiger partial charge in [0.05, 0.1) is 26.1 Å². The van der Waals surface area contributed by atoms with Crippen LogP contribution in [-0.4, -0.2) is 51.3 Å². The normalized spacial score (nSPS) is 13.5. The molecular weight excluding hydrogens is 356 g/mol. The van der Waals surface area contributed by atoms with Crippen molar-refractivity contribution in [1.29, 1.82) is 0 Å². The van der Waals surface area contributed by atoms with E-state index in [2.05, 4.69) is 20.5 Å². The predicted octanol–water partition coefficient (Wildman–Crippen LogP) is 2.18. The van der Waals surface area contributed by atoms with Crippen LogP contribution in [0.3, 0.4) is 0 Å². The number of carbonyl (C=O) groups is 1. The van der Waals surface area contributed by atoms with Crippen LogP contribution in [0, 0.1) is 0 Å². The molecule has 1 aromatic heterocycles. The fourth-order valence-electron chi connectivity index (χ4n) is 2.74. The Hall–Kier alpha value is -2.51. The molecule has 1 fully saturated rings. The number of carbonyl (C=O) groups excluding carboxylic acids is 1. The molecule has 1 saturated heterocycles. The molecule has 3 rings (SSSR count). The highest BCUT2D eigenvalue weighted by molar-refractivity contribution is 6.04. The van der Waals surface area contributed by atoms with Crippen molar-refractivity contribution in [1.82, 2.24) is 10.3 Å². The predicted molar refractivity (Wildman–Crippen MR) is 104 cm³/mol. The Balaban J connectivity index is 0.00000243. The second kappa shape index (κ2) is 9.26. The third kappa shape index (κ3) is 4.56. The number of hydrogen-bond acceptors (Lipinski definition) is 6. The highest BCUT2D eigenvalue weighted by Gasteiger charge is 2.13. The molecule has 7 nitrogen and oxygen atoms in total. The summed E-state index contributed by atoms with van der Waals surface area (Å²) in [6.07, 6.45) is 1.79. The molecule has 0 unspecified atom stereocenters. The van der Waals surface area contributed by atoms with Gasteiger partial charge in [0.25, 0.3) is 5.91 Å². The zero-order chi connectivity index (χ0) is 17.6. The zero-order valence-corrected chi connectivity index (χ0v) is 15.6. The van der Waals surface area contributed by atoms with Crippen LogP contribution in [0.4, 0.5) is 11.5 Å². The van der Waals surface area contributed by atoms with Crippen molar-refractivity contribution in [2.45, 2.75) is 0 Å². The van der Waals surface area contributed by atoms with Gasteiger partial charge in [0.1, 0.15) is 5.82 Å². The third-order valence-electron chi connectivity index (χ3n) is 4.12. The van der Waals surface area contributed by atoms with E-state index in [-0.39, 0.29) is 18.3 Å². The van der Waals surface area contributed by atoms with Gasteiger partial charge >= 0.3 is 0 Å². The third-order valence-corrected chi connectivity index (χ3v) is 4.12. The number of anilines is 2. The van der Waals surface area contributed by atoms with Gasteiger partial charge in [0.2, 0.25) is 0 Å². The number of hydrogen-bond donors (Lipinski definition) is 2. The lowest BCUT2D eigenvalue weighted by Gasteiger charge is -2.29. The highest BCUT2D eigenvalue weighted by atomic mass is 35.5. The number of rotatable bonds is 5. The van der Waals surface area contributed by atoms with Crippen molar-refractivity contribution in [3.05, 3.63) is 42.1 Å². The molecule has 140 valence electrons. The summed E-state index contributed by atoms with van der Waals surface area (Å²) in [5, 5.41) is 6.12. The molecule has 1 amide bonds. The van der Waals surface area contributed by atoms with Crippen molar-refractivity contribution < 1.29 is 14.3 Å². The maximum atomic E-state index is 12.4. The highest BCUT2D eigenvalue weighted by Crippen LogP contribution is 2.27. The second-order valence-electron chi connectivity index (χ2n) is 5.66. The lowest BCUT2D eigenvalue weighted by Crippen LogP contribution is -2.43. The molecule has 0 aliphatic carbocycles. The van der Waals surface area contributed by atoms with Gasteiger partial charge in [0.15, 0.2) is 11.5 Å². The summed E-state index contributed by atoms with van der Waals surface area (Å²) < 4.78 is 10.4. The van der Waals surface area contributed by atoms with E-state index in [4.69, 9.17) is 9.47 Å². The molecule has 2 N–H and O–H groups in total. The first-order valence-corrected chi connectivity index (χ1v) is 8.16. The number of methoxy groups -OCH3 is 2. The fourth-order valence-corrected chi connectivity index (χ4v) is 2.74. The Kier molecular flexibility index (Phi) is 7.06. The number of nitrogens with zero attached hydrogens (tertiary/aromatic N) is 2. The number of aromatic nitrogens is 1. The number of amides is 1. The molecule has 26 heavy (non-hydrogen) atoms. The average molecular weight is 379 g/mol.